The molecule has 2 rings (SSSR count). The van der Waals surface area contributed by atoms with Gasteiger partial charge in [-0.1, -0.05) is 18.3 Å². The van der Waals surface area contributed by atoms with Crippen molar-refractivity contribution in [2.45, 2.75) is 32.6 Å². The second kappa shape index (κ2) is 6.40. The molecule has 0 saturated carbocycles. The Bertz CT molecular complexity index is 525. The molecule has 1 N–H and O–H groups in total. The summed E-state index contributed by atoms with van der Waals surface area (Å²) in [6.45, 7) is 2.64. The minimum atomic E-state index is -0.147. The molecule has 0 aliphatic carbocycles. The molecule has 1 aliphatic heterocycles. The average Bonchev–Trinajstić information content (AvgIpc) is 2.60. The monoisotopic (exact) mass is 257 g/mol. The summed E-state index contributed by atoms with van der Waals surface area (Å²) in [5.41, 5.74) is 2.85. The first-order chi connectivity index (χ1) is 9.20. The number of aryl methyl sites for hydroxylation is 1. The maximum atomic E-state index is 12.1. The fourth-order valence-corrected chi connectivity index (χ4v) is 2.39. The van der Waals surface area contributed by atoms with E-state index >= 15 is 0 Å². The van der Waals surface area contributed by atoms with E-state index in [1.54, 1.807) is 0 Å². The molecule has 1 fully saturated rings. The summed E-state index contributed by atoms with van der Waals surface area (Å²) < 4.78 is 0. The molecule has 100 valence electrons. The number of carbonyl (C=O) groups excluding carboxylic acids is 1. The largest absolute Gasteiger partial charge is 0.384 e. The Labute approximate surface area is 114 Å². The fraction of sp³-hybridized carbons (Fsp3) is 0.438. The van der Waals surface area contributed by atoms with Crippen LogP contribution in [0.5, 0.6) is 0 Å². The van der Waals surface area contributed by atoms with Gasteiger partial charge in [0.15, 0.2) is 0 Å². The molecule has 1 aromatic carbocycles. The second-order valence-electron chi connectivity index (χ2n) is 4.87. The number of nitrogens with zero attached hydrogens (tertiary/aromatic N) is 1. The van der Waals surface area contributed by atoms with E-state index in [4.69, 9.17) is 5.11 Å². The summed E-state index contributed by atoms with van der Waals surface area (Å²) in [5, 5.41) is 8.76. The van der Waals surface area contributed by atoms with Crippen LogP contribution in [0.1, 0.15) is 36.8 Å². The van der Waals surface area contributed by atoms with E-state index in [2.05, 4.69) is 11.8 Å². The van der Waals surface area contributed by atoms with Gasteiger partial charge in [0.25, 0.3) is 0 Å². The van der Waals surface area contributed by atoms with Gasteiger partial charge in [-0.05, 0) is 43.5 Å². The first-order valence-corrected chi connectivity index (χ1v) is 6.72. The SMILES string of the molecule is Cc1cc(C#CCO)cc(N2CCCCCC2=O)c1. The van der Waals surface area contributed by atoms with Crippen molar-refractivity contribution in [1.82, 2.24) is 0 Å². The van der Waals surface area contributed by atoms with Crippen LogP contribution in [0.3, 0.4) is 0 Å². The van der Waals surface area contributed by atoms with Crippen LogP contribution in [0.2, 0.25) is 0 Å². The summed E-state index contributed by atoms with van der Waals surface area (Å²) in [7, 11) is 0. The molecular weight excluding hydrogens is 238 g/mol. The number of amides is 1. The lowest BCUT2D eigenvalue weighted by atomic mass is 10.1. The van der Waals surface area contributed by atoms with E-state index in [-0.39, 0.29) is 12.5 Å². The molecule has 19 heavy (non-hydrogen) atoms. The van der Waals surface area contributed by atoms with Crippen LogP contribution in [0.25, 0.3) is 0 Å². The number of anilines is 1. The Morgan fingerprint density at radius 3 is 2.89 bits per heavy atom. The summed E-state index contributed by atoms with van der Waals surface area (Å²) in [5.74, 6) is 5.75. The topological polar surface area (TPSA) is 40.5 Å². The predicted molar refractivity (Wildman–Crippen MR) is 76.0 cm³/mol. The maximum absolute atomic E-state index is 12.1. The summed E-state index contributed by atoms with van der Waals surface area (Å²) >= 11 is 0. The highest BCUT2D eigenvalue weighted by Gasteiger charge is 2.18. The van der Waals surface area contributed by atoms with Gasteiger partial charge in [-0.15, -0.1) is 0 Å². The third kappa shape index (κ3) is 3.59. The molecular formula is C16H19NO2. The van der Waals surface area contributed by atoms with Crippen LogP contribution in [-0.4, -0.2) is 24.2 Å². The van der Waals surface area contributed by atoms with E-state index in [9.17, 15) is 4.79 Å². The standard InChI is InChI=1S/C16H19NO2/c1-13-10-14(6-5-9-18)12-15(11-13)17-8-4-2-3-7-16(17)19/h10-12,18H,2-4,7-9H2,1H3. The van der Waals surface area contributed by atoms with Gasteiger partial charge in [0.2, 0.25) is 5.91 Å². The smallest absolute Gasteiger partial charge is 0.226 e. The molecule has 1 saturated heterocycles. The Morgan fingerprint density at radius 2 is 2.11 bits per heavy atom. The van der Waals surface area contributed by atoms with Crippen LogP contribution >= 0.6 is 0 Å². The van der Waals surface area contributed by atoms with Crippen molar-refractivity contribution in [1.29, 1.82) is 0 Å². The molecule has 1 aliphatic rings. The summed E-state index contributed by atoms with van der Waals surface area (Å²) in [6, 6.07) is 5.92. The Hall–Kier alpha value is -1.79. The van der Waals surface area contributed by atoms with Crippen LogP contribution < -0.4 is 4.90 Å². The van der Waals surface area contributed by atoms with Crippen LogP contribution in [0.4, 0.5) is 5.69 Å². The third-order valence-corrected chi connectivity index (χ3v) is 3.26. The van der Waals surface area contributed by atoms with Gasteiger partial charge in [0.1, 0.15) is 6.61 Å². The molecule has 3 nitrogen and oxygen atoms in total. The Balaban J connectivity index is 2.32. The zero-order valence-corrected chi connectivity index (χ0v) is 11.3. The van der Waals surface area contributed by atoms with Gasteiger partial charge in [0, 0.05) is 24.2 Å². The van der Waals surface area contributed by atoms with Gasteiger partial charge >= 0.3 is 0 Å². The minimum Gasteiger partial charge on any atom is -0.384 e. The van der Waals surface area contributed by atoms with Gasteiger partial charge in [-0.25, -0.2) is 0 Å². The molecule has 0 bridgehead atoms. The highest BCUT2D eigenvalue weighted by atomic mass is 16.2. The van der Waals surface area contributed by atoms with Crippen molar-refractivity contribution < 1.29 is 9.90 Å². The summed E-state index contributed by atoms with van der Waals surface area (Å²) in [4.78, 5) is 14.0. The van der Waals surface area contributed by atoms with Crippen LogP contribution in [0.15, 0.2) is 18.2 Å². The molecule has 1 aromatic rings. The zero-order valence-electron chi connectivity index (χ0n) is 11.3. The number of carbonyl (C=O) groups is 1. The molecule has 0 aromatic heterocycles. The molecule has 0 atom stereocenters. The number of hydrogen-bond donors (Lipinski definition) is 1. The number of benzene rings is 1. The van der Waals surface area contributed by atoms with E-state index in [0.29, 0.717) is 6.42 Å². The normalized spacial score (nSPS) is 15.7. The molecule has 1 amide bonds. The Morgan fingerprint density at radius 1 is 1.26 bits per heavy atom. The Kier molecular flexibility index (Phi) is 4.59. The third-order valence-electron chi connectivity index (χ3n) is 3.26. The van der Waals surface area contributed by atoms with Crippen molar-refractivity contribution in [2.75, 3.05) is 18.1 Å². The molecule has 0 spiro atoms. The molecule has 0 radical (unpaired) electrons. The van der Waals surface area contributed by atoms with Crippen molar-refractivity contribution in [3.05, 3.63) is 29.3 Å². The maximum Gasteiger partial charge on any atom is 0.226 e. The van der Waals surface area contributed by atoms with Crippen molar-refractivity contribution in [3.8, 4) is 11.8 Å². The molecule has 3 heteroatoms. The van der Waals surface area contributed by atoms with Crippen LogP contribution in [0, 0.1) is 18.8 Å². The zero-order chi connectivity index (χ0) is 13.7. The van der Waals surface area contributed by atoms with Gasteiger partial charge in [-0.3, -0.25) is 4.79 Å². The summed E-state index contributed by atoms with van der Waals surface area (Å²) in [6.07, 6.45) is 3.78. The quantitative estimate of drug-likeness (QED) is 0.784. The lowest BCUT2D eigenvalue weighted by Gasteiger charge is -2.21. The minimum absolute atomic E-state index is 0.147. The number of aliphatic hydroxyl groups excluding tert-OH is 1. The number of aliphatic hydroxyl groups is 1. The number of rotatable bonds is 1. The predicted octanol–water partition coefficient (Wildman–Crippen LogP) is 2.25. The van der Waals surface area contributed by atoms with Crippen molar-refractivity contribution in [2.24, 2.45) is 0 Å². The fourth-order valence-electron chi connectivity index (χ4n) is 2.39. The van der Waals surface area contributed by atoms with E-state index in [1.807, 2.05) is 30.0 Å². The second-order valence-corrected chi connectivity index (χ2v) is 4.87. The molecule has 1 heterocycles. The highest BCUT2D eigenvalue weighted by Crippen LogP contribution is 2.23. The first-order valence-electron chi connectivity index (χ1n) is 6.72. The van der Waals surface area contributed by atoms with E-state index in [1.165, 1.54) is 0 Å². The lowest BCUT2D eigenvalue weighted by molar-refractivity contribution is -0.118. The van der Waals surface area contributed by atoms with Crippen molar-refractivity contribution in [3.63, 3.8) is 0 Å². The highest BCUT2D eigenvalue weighted by molar-refractivity contribution is 5.93. The van der Waals surface area contributed by atoms with Gasteiger partial charge < -0.3 is 10.0 Å². The van der Waals surface area contributed by atoms with Crippen LogP contribution in [-0.2, 0) is 4.79 Å². The first kappa shape index (κ1) is 13.6. The van der Waals surface area contributed by atoms with Gasteiger partial charge in [-0.2, -0.15) is 0 Å². The van der Waals surface area contributed by atoms with E-state index < -0.39 is 0 Å². The van der Waals surface area contributed by atoms with Gasteiger partial charge in [0.05, 0.1) is 0 Å². The lowest BCUT2D eigenvalue weighted by Crippen LogP contribution is -2.30. The van der Waals surface area contributed by atoms with E-state index in [0.717, 1.165) is 42.6 Å². The molecule has 0 unspecified atom stereocenters. The van der Waals surface area contributed by atoms with Crippen molar-refractivity contribution >= 4 is 11.6 Å². The number of hydrogen-bond acceptors (Lipinski definition) is 2. The average molecular weight is 257 g/mol.